The molecule has 0 aromatic heterocycles. The highest BCUT2D eigenvalue weighted by molar-refractivity contribution is 6.03. The Morgan fingerprint density at radius 3 is 2.67 bits per heavy atom. The fourth-order valence-corrected chi connectivity index (χ4v) is 1.70. The fourth-order valence-electron chi connectivity index (χ4n) is 1.70. The van der Waals surface area contributed by atoms with Gasteiger partial charge in [0.1, 0.15) is 0 Å². The minimum absolute atomic E-state index is 0.0895. The number of hydrogen-bond donors (Lipinski definition) is 1. The number of carbonyl (C=O) groups is 2. The minimum Gasteiger partial charge on any atom is -0.296 e. The van der Waals surface area contributed by atoms with Crippen molar-refractivity contribution >= 4 is 11.8 Å². The van der Waals surface area contributed by atoms with Crippen molar-refractivity contribution in [2.45, 2.75) is 45.4 Å². The average molecular weight is 209 g/mol. The molecule has 1 unspecified atom stereocenters. The molecule has 1 aliphatic heterocycles. The Kier molecular flexibility index (Phi) is 5.08. The molecule has 0 aromatic carbocycles. The molecule has 15 heavy (non-hydrogen) atoms. The van der Waals surface area contributed by atoms with Gasteiger partial charge in [-0.25, -0.2) is 0 Å². The molecule has 1 atom stereocenters. The highest BCUT2D eigenvalue weighted by atomic mass is 16.2. The number of hydrogen-bond acceptors (Lipinski definition) is 2. The van der Waals surface area contributed by atoms with E-state index in [-0.39, 0.29) is 17.7 Å². The van der Waals surface area contributed by atoms with Gasteiger partial charge < -0.3 is 0 Å². The van der Waals surface area contributed by atoms with E-state index in [0.29, 0.717) is 6.42 Å². The van der Waals surface area contributed by atoms with Crippen LogP contribution in [-0.4, -0.2) is 11.8 Å². The summed E-state index contributed by atoms with van der Waals surface area (Å²) in [5.74, 6) is -0.310. The summed E-state index contributed by atoms with van der Waals surface area (Å²) in [7, 11) is 0. The van der Waals surface area contributed by atoms with Crippen LogP contribution in [0.15, 0.2) is 12.2 Å². The molecule has 1 saturated heterocycles. The van der Waals surface area contributed by atoms with Gasteiger partial charge in [-0.05, 0) is 19.3 Å². The number of amides is 2. The quantitative estimate of drug-likeness (QED) is 0.414. The van der Waals surface area contributed by atoms with Gasteiger partial charge in [0.15, 0.2) is 0 Å². The zero-order chi connectivity index (χ0) is 11.1. The van der Waals surface area contributed by atoms with E-state index in [2.05, 4.69) is 24.4 Å². The highest BCUT2D eigenvalue weighted by Crippen LogP contribution is 2.17. The molecular weight excluding hydrogens is 190 g/mol. The van der Waals surface area contributed by atoms with Crippen LogP contribution in [0.1, 0.15) is 45.4 Å². The first kappa shape index (κ1) is 12.0. The lowest BCUT2D eigenvalue weighted by molar-refractivity contribution is -0.125. The molecule has 2 amide bonds. The lowest BCUT2D eigenvalue weighted by atomic mass is 10.0. The predicted molar refractivity (Wildman–Crippen MR) is 59.2 cm³/mol. The van der Waals surface area contributed by atoms with Crippen LogP contribution >= 0.6 is 0 Å². The van der Waals surface area contributed by atoms with Gasteiger partial charge in [-0.1, -0.05) is 31.9 Å². The first-order valence-electron chi connectivity index (χ1n) is 5.72. The van der Waals surface area contributed by atoms with Crippen LogP contribution in [-0.2, 0) is 9.59 Å². The molecule has 1 aliphatic rings. The Morgan fingerprint density at radius 1 is 1.33 bits per heavy atom. The normalized spacial score (nSPS) is 21.3. The molecular formula is C12H19NO2. The van der Waals surface area contributed by atoms with Crippen LogP contribution in [0.4, 0.5) is 0 Å². The van der Waals surface area contributed by atoms with Crippen molar-refractivity contribution in [3.8, 4) is 0 Å². The molecule has 0 aliphatic carbocycles. The van der Waals surface area contributed by atoms with Gasteiger partial charge in [0.2, 0.25) is 11.8 Å². The highest BCUT2D eigenvalue weighted by Gasteiger charge is 2.29. The van der Waals surface area contributed by atoms with E-state index in [1.165, 1.54) is 12.8 Å². The molecule has 0 saturated carbocycles. The first-order valence-corrected chi connectivity index (χ1v) is 5.72. The predicted octanol–water partition coefficient (Wildman–Crippen LogP) is 2.18. The van der Waals surface area contributed by atoms with Crippen molar-refractivity contribution in [2.24, 2.45) is 5.92 Å². The maximum atomic E-state index is 11.2. The van der Waals surface area contributed by atoms with Crippen molar-refractivity contribution in [3.05, 3.63) is 12.2 Å². The molecule has 0 bridgehead atoms. The second kappa shape index (κ2) is 6.38. The summed E-state index contributed by atoms with van der Waals surface area (Å²) in [4.78, 5) is 22.1. The summed E-state index contributed by atoms with van der Waals surface area (Å²) in [5.41, 5.74) is 0. The average Bonchev–Trinajstić information content (AvgIpc) is 2.51. The van der Waals surface area contributed by atoms with Crippen molar-refractivity contribution in [1.29, 1.82) is 0 Å². The minimum atomic E-state index is -0.125. The summed E-state index contributed by atoms with van der Waals surface area (Å²) in [6.45, 7) is 2.17. The number of imide groups is 1. The van der Waals surface area contributed by atoms with E-state index in [1.54, 1.807) is 0 Å². The lowest BCUT2D eigenvalue weighted by Gasteiger charge is -2.01. The van der Waals surface area contributed by atoms with Gasteiger partial charge in [-0.15, -0.1) is 0 Å². The zero-order valence-electron chi connectivity index (χ0n) is 9.29. The molecule has 0 aromatic rings. The third-order valence-corrected chi connectivity index (χ3v) is 2.64. The lowest BCUT2D eigenvalue weighted by Crippen LogP contribution is -2.21. The topological polar surface area (TPSA) is 46.2 Å². The van der Waals surface area contributed by atoms with E-state index in [9.17, 15) is 9.59 Å². The van der Waals surface area contributed by atoms with Crippen molar-refractivity contribution in [3.63, 3.8) is 0 Å². The largest absolute Gasteiger partial charge is 0.296 e. The summed E-state index contributed by atoms with van der Waals surface area (Å²) in [6.07, 6.45) is 9.90. The Labute approximate surface area is 90.9 Å². The number of allylic oxidation sites excluding steroid dienone is 2. The molecule has 0 radical (unpaired) electrons. The molecule has 3 nitrogen and oxygen atoms in total. The van der Waals surface area contributed by atoms with Gasteiger partial charge >= 0.3 is 0 Å². The van der Waals surface area contributed by atoms with Gasteiger partial charge in [0.05, 0.1) is 0 Å². The van der Waals surface area contributed by atoms with Gasteiger partial charge in [-0.3, -0.25) is 14.9 Å². The smallest absolute Gasteiger partial charge is 0.230 e. The van der Waals surface area contributed by atoms with Crippen LogP contribution < -0.4 is 5.32 Å². The van der Waals surface area contributed by atoms with Crippen molar-refractivity contribution in [2.75, 3.05) is 0 Å². The van der Waals surface area contributed by atoms with Gasteiger partial charge in [0.25, 0.3) is 0 Å². The van der Waals surface area contributed by atoms with Crippen LogP contribution in [0.25, 0.3) is 0 Å². The fraction of sp³-hybridized carbons (Fsp3) is 0.667. The molecule has 1 heterocycles. The van der Waals surface area contributed by atoms with Crippen molar-refractivity contribution < 1.29 is 9.59 Å². The van der Waals surface area contributed by atoms with E-state index >= 15 is 0 Å². The first-order chi connectivity index (χ1) is 7.24. The Hall–Kier alpha value is -1.12. The summed E-state index contributed by atoms with van der Waals surface area (Å²) in [5, 5.41) is 2.33. The number of rotatable bonds is 6. The summed E-state index contributed by atoms with van der Waals surface area (Å²) < 4.78 is 0. The zero-order valence-corrected chi connectivity index (χ0v) is 9.29. The Bertz CT molecular complexity index is 258. The van der Waals surface area contributed by atoms with E-state index < -0.39 is 0 Å². The molecule has 1 fully saturated rings. The molecule has 1 N–H and O–H groups in total. The summed E-state index contributed by atoms with van der Waals surface area (Å²) >= 11 is 0. The third-order valence-electron chi connectivity index (χ3n) is 2.64. The van der Waals surface area contributed by atoms with Crippen LogP contribution in [0, 0.1) is 5.92 Å². The van der Waals surface area contributed by atoms with Crippen molar-refractivity contribution in [1.82, 2.24) is 5.32 Å². The maximum Gasteiger partial charge on any atom is 0.230 e. The van der Waals surface area contributed by atoms with E-state index in [4.69, 9.17) is 0 Å². The number of carbonyl (C=O) groups excluding carboxylic acids is 2. The Balaban J connectivity index is 2.12. The number of nitrogens with one attached hydrogen (secondary N) is 1. The van der Waals surface area contributed by atoms with Crippen LogP contribution in [0.5, 0.6) is 0 Å². The number of unbranched alkanes of at least 4 members (excludes halogenated alkanes) is 2. The monoisotopic (exact) mass is 209 g/mol. The maximum absolute atomic E-state index is 11.2. The third kappa shape index (κ3) is 4.28. The van der Waals surface area contributed by atoms with E-state index in [0.717, 1.165) is 19.3 Å². The molecule has 84 valence electrons. The van der Waals surface area contributed by atoms with Crippen LogP contribution in [0.3, 0.4) is 0 Å². The summed E-state index contributed by atoms with van der Waals surface area (Å²) in [6, 6.07) is 0. The molecule has 0 spiro atoms. The van der Waals surface area contributed by atoms with Gasteiger partial charge in [-0.2, -0.15) is 0 Å². The van der Waals surface area contributed by atoms with Crippen LogP contribution in [0.2, 0.25) is 0 Å². The molecule has 1 rings (SSSR count). The Morgan fingerprint density at radius 2 is 2.07 bits per heavy atom. The van der Waals surface area contributed by atoms with E-state index in [1.807, 2.05) is 0 Å². The standard InChI is InChI=1S/C12H19NO2/c1-2-3-4-5-6-7-8-10-9-11(14)13-12(10)15/h5-6,10H,2-4,7-9H2,1H3,(H,13,14,15). The van der Waals surface area contributed by atoms with Gasteiger partial charge in [0, 0.05) is 12.3 Å². The second-order valence-electron chi connectivity index (χ2n) is 4.00. The SMILES string of the molecule is CCCCC=CCCC1CC(=O)NC1=O. The second-order valence-corrected chi connectivity index (χ2v) is 4.00. The molecule has 3 heteroatoms.